The minimum Gasteiger partial charge on any atom is -0.278 e. The van der Waals surface area contributed by atoms with Crippen LogP contribution in [0.3, 0.4) is 0 Å². The first kappa shape index (κ1) is 7.34. The number of hydrazone groups is 1. The summed E-state index contributed by atoms with van der Waals surface area (Å²) in [6, 6.07) is 0. The zero-order valence-corrected chi connectivity index (χ0v) is 6.32. The number of hydrazine groups is 1. The van der Waals surface area contributed by atoms with E-state index in [1.807, 2.05) is 5.01 Å². The molecule has 0 radical (unpaired) electrons. The van der Waals surface area contributed by atoms with Crippen LogP contribution >= 0.6 is 0 Å². The maximum atomic E-state index is 5.44. The Bertz CT molecular complexity index is 123. The van der Waals surface area contributed by atoms with Crippen molar-refractivity contribution in [2.24, 2.45) is 10.9 Å². The third kappa shape index (κ3) is 1.88. The van der Waals surface area contributed by atoms with E-state index >= 15 is 0 Å². The van der Waals surface area contributed by atoms with Crippen molar-refractivity contribution in [3.05, 3.63) is 0 Å². The molecule has 1 rings (SSSR count). The SMILES string of the molecule is CCCCN1CN(N)C=N1. The van der Waals surface area contributed by atoms with E-state index in [0.29, 0.717) is 0 Å². The van der Waals surface area contributed by atoms with E-state index in [0.717, 1.165) is 13.2 Å². The quantitative estimate of drug-likeness (QED) is 0.572. The van der Waals surface area contributed by atoms with Crippen molar-refractivity contribution < 1.29 is 0 Å². The standard InChI is InChI=1S/C6H14N4/c1-2-3-4-10-6-9(7)5-8-10/h5H,2-4,6-7H2,1H3. The van der Waals surface area contributed by atoms with Gasteiger partial charge in [0.25, 0.3) is 0 Å². The number of hydrogen-bond acceptors (Lipinski definition) is 4. The number of nitrogens with zero attached hydrogens (tertiary/aromatic N) is 3. The van der Waals surface area contributed by atoms with Crippen molar-refractivity contribution in [1.82, 2.24) is 10.0 Å². The van der Waals surface area contributed by atoms with Crippen molar-refractivity contribution in [2.45, 2.75) is 19.8 Å². The minimum atomic E-state index is 0.736. The first-order chi connectivity index (χ1) is 4.83. The van der Waals surface area contributed by atoms with Gasteiger partial charge in [0.2, 0.25) is 0 Å². The average molecular weight is 142 g/mol. The Balaban J connectivity index is 2.14. The van der Waals surface area contributed by atoms with Crippen molar-refractivity contribution in [3.63, 3.8) is 0 Å². The Labute approximate surface area is 61.3 Å². The Hall–Kier alpha value is -0.770. The minimum absolute atomic E-state index is 0.736. The van der Waals surface area contributed by atoms with Gasteiger partial charge in [0, 0.05) is 6.54 Å². The van der Waals surface area contributed by atoms with E-state index in [2.05, 4.69) is 12.0 Å². The van der Waals surface area contributed by atoms with Crippen LogP contribution in [0, 0.1) is 0 Å². The van der Waals surface area contributed by atoms with Crippen molar-refractivity contribution >= 4 is 6.34 Å². The topological polar surface area (TPSA) is 44.9 Å². The van der Waals surface area contributed by atoms with Crippen LogP contribution < -0.4 is 5.84 Å². The van der Waals surface area contributed by atoms with Crippen molar-refractivity contribution in [3.8, 4) is 0 Å². The fourth-order valence-corrected chi connectivity index (χ4v) is 0.870. The molecule has 1 heterocycles. The molecular formula is C6H14N4. The molecule has 58 valence electrons. The van der Waals surface area contributed by atoms with E-state index in [9.17, 15) is 0 Å². The molecule has 0 amide bonds. The molecule has 0 spiro atoms. The van der Waals surface area contributed by atoms with E-state index in [-0.39, 0.29) is 0 Å². The van der Waals surface area contributed by atoms with E-state index in [1.54, 1.807) is 11.3 Å². The first-order valence-corrected chi connectivity index (χ1v) is 3.63. The zero-order valence-electron chi connectivity index (χ0n) is 6.32. The summed E-state index contributed by atoms with van der Waals surface area (Å²) in [7, 11) is 0. The summed E-state index contributed by atoms with van der Waals surface area (Å²) in [4.78, 5) is 0. The number of rotatable bonds is 3. The summed E-state index contributed by atoms with van der Waals surface area (Å²) >= 11 is 0. The normalized spacial score (nSPS) is 17.0. The third-order valence-electron chi connectivity index (χ3n) is 1.46. The van der Waals surface area contributed by atoms with Crippen LogP contribution in [-0.4, -0.2) is 29.6 Å². The lowest BCUT2D eigenvalue weighted by Gasteiger charge is -2.14. The van der Waals surface area contributed by atoms with Gasteiger partial charge in [-0.2, -0.15) is 5.10 Å². The summed E-state index contributed by atoms with van der Waals surface area (Å²) in [6.07, 6.45) is 4.04. The number of unbranched alkanes of at least 4 members (excludes halogenated alkanes) is 1. The van der Waals surface area contributed by atoms with E-state index in [4.69, 9.17) is 5.84 Å². The second-order valence-electron chi connectivity index (χ2n) is 2.47. The van der Waals surface area contributed by atoms with Crippen LogP contribution in [0.5, 0.6) is 0 Å². The van der Waals surface area contributed by atoms with Crippen LogP contribution in [0.2, 0.25) is 0 Å². The molecule has 10 heavy (non-hydrogen) atoms. The predicted molar refractivity (Wildman–Crippen MR) is 41.0 cm³/mol. The van der Waals surface area contributed by atoms with Crippen molar-refractivity contribution in [1.29, 1.82) is 0 Å². The molecule has 0 aromatic carbocycles. The lowest BCUT2D eigenvalue weighted by Crippen LogP contribution is -2.32. The highest BCUT2D eigenvalue weighted by atomic mass is 15.6. The molecule has 4 heteroatoms. The molecule has 0 unspecified atom stereocenters. The van der Waals surface area contributed by atoms with Crippen LogP contribution in [-0.2, 0) is 0 Å². The van der Waals surface area contributed by atoms with E-state index < -0.39 is 0 Å². The van der Waals surface area contributed by atoms with Gasteiger partial charge in [-0.05, 0) is 6.42 Å². The van der Waals surface area contributed by atoms with Gasteiger partial charge < -0.3 is 0 Å². The molecule has 1 aliphatic heterocycles. The zero-order chi connectivity index (χ0) is 7.40. The third-order valence-corrected chi connectivity index (χ3v) is 1.46. The number of hydrogen-bond donors (Lipinski definition) is 1. The molecule has 4 nitrogen and oxygen atoms in total. The fourth-order valence-electron chi connectivity index (χ4n) is 0.870. The molecule has 0 fully saturated rings. The Morgan fingerprint density at radius 2 is 2.50 bits per heavy atom. The second kappa shape index (κ2) is 3.41. The van der Waals surface area contributed by atoms with Crippen LogP contribution in [0.4, 0.5) is 0 Å². The van der Waals surface area contributed by atoms with Gasteiger partial charge in [0.15, 0.2) is 0 Å². The van der Waals surface area contributed by atoms with Gasteiger partial charge >= 0.3 is 0 Å². The Morgan fingerprint density at radius 1 is 1.70 bits per heavy atom. The predicted octanol–water partition coefficient (Wildman–Crippen LogP) is 0.179. The lowest BCUT2D eigenvalue weighted by molar-refractivity contribution is 0.234. The summed E-state index contributed by atoms with van der Waals surface area (Å²) in [5.74, 6) is 5.44. The van der Waals surface area contributed by atoms with Gasteiger partial charge in [-0.25, -0.2) is 5.84 Å². The average Bonchev–Trinajstić information content (AvgIpc) is 2.31. The highest BCUT2D eigenvalue weighted by Gasteiger charge is 2.08. The first-order valence-electron chi connectivity index (χ1n) is 3.63. The Morgan fingerprint density at radius 3 is 3.00 bits per heavy atom. The molecule has 0 bridgehead atoms. The molecule has 0 aliphatic carbocycles. The largest absolute Gasteiger partial charge is 0.278 e. The number of nitrogens with two attached hydrogens (primary N) is 1. The van der Waals surface area contributed by atoms with Crippen LogP contribution in [0.1, 0.15) is 19.8 Å². The maximum Gasteiger partial charge on any atom is 0.127 e. The van der Waals surface area contributed by atoms with Gasteiger partial charge in [-0.15, -0.1) is 0 Å². The second-order valence-corrected chi connectivity index (χ2v) is 2.47. The van der Waals surface area contributed by atoms with Gasteiger partial charge in [-0.1, -0.05) is 13.3 Å². The molecule has 2 N–H and O–H groups in total. The van der Waals surface area contributed by atoms with Crippen molar-refractivity contribution in [2.75, 3.05) is 13.2 Å². The smallest absolute Gasteiger partial charge is 0.127 e. The molecule has 0 aromatic heterocycles. The van der Waals surface area contributed by atoms with Gasteiger partial charge in [-0.3, -0.25) is 10.0 Å². The van der Waals surface area contributed by atoms with E-state index in [1.165, 1.54) is 12.8 Å². The molecule has 0 saturated heterocycles. The lowest BCUT2D eigenvalue weighted by atomic mass is 10.3. The highest BCUT2D eigenvalue weighted by molar-refractivity contribution is 5.54. The van der Waals surface area contributed by atoms with Gasteiger partial charge in [0.1, 0.15) is 13.0 Å². The summed E-state index contributed by atoms with van der Waals surface area (Å²) < 4.78 is 0. The maximum absolute atomic E-state index is 5.44. The fraction of sp³-hybridized carbons (Fsp3) is 0.833. The molecule has 0 atom stereocenters. The highest BCUT2D eigenvalue weighted by Crippen LogP contribution is 1.99. The van der Waals surface area contributed by atoms with Crippen LogP contribution in [0.25, 0.3) is 0 Å². The molecule has 0 saturated carbocycles. The van der Waals surface area contributed by atoms with Crippen LogP contribution in [0.15, 0.2) is 5.10 Å². The molecular weight excluding hydrogens is 128 g/mol. The summed E-state index contributed by atoms with van der Waals surface area (Å²) in [5, 5.41) is 7.60. The Kier molecular flexibility index (Phi) is 2.50. The summed E-state index contributed by atoms with van der Waals surface area (Å²) in [5.41, 5.74) is 0. The molecule has 0 aromatic rings. The molecule has 1 aliphatic rings. The monoisotopic (exact) mass is 142 g/mol. The van der Waals surface area contributed by atoms with Gasteiger partial charge in [0.05, 0.1) is 0 Å². The summed E-state index contributed by atoms with van der Waals surface area (Å²) in [6.45, 7) is 3.92.